The molecule has 7 rings (SSSR count). The minimum atomic E-state index is 0.0556. The summed E-state index contributed by atoms with van der Waals surface area (Å²) in [6, 6.07) is 27.7. The third kappa shape index (κ3) is 4.06. The highest BCUT2D eigenvalue weighted by Crippen LogP contribution is 2.49. The summed E-state index contributed by atoms with van der Waals surface area (Å²) >= 11 is 1.70. The highest BCUT2D eigenvalue weighted by atomic mass is 32.2. The molecule has 0 amide bonds. The molecule has 0 radical (unpaired) electrons. The maximum atomic E-state index is 5.91. The normalized spacial score (nSPS) is 21.9. The van der Waals surface area contributed by atoms with Gasteiger partial charge in [0.25, 0.3) is 0 Å². The lowest BCUT2D eigenvalue weighted by Crippen LogP contribution is -2.40. The molecule has 1 atom stereocenters. The molecule has 184 valence electrons. The summed E-state index contributed by atoms with van der Waals surface area (Å²) in [5, 5.41) is 3.24. The van der Waals surface area contributed by atoms with Gasteiger partial charge >= 0.3 is 0 Å². The van der Waals surface area contributed by atoms with Crippen LogP contribution >= 0.6 is 11.8 Å². The Hall–Kier alpha value is -3.74. The quantitative estimate of drug-likeness (QED) is 0.424. The zero-order valence-electron chi connectivity index (χ0n) is 20.6. The van der Waals surface area contributed by atoms with Gasteiger partial charge in [-0.2, -0.15) is 0 Å². The number of aliphatic imine (C=N–C) groups is 1. The molecule has 3 aromatic rings. The van der Waals surface area contributed by atoms with Gasteiger partial charge in [0.1, 0.15) is 13.2 Å². The molecular weight excluding hydrogens is 478 g/mol. The summed E-state index contributed by atoms with van der Waals surface area (Å²) in [5.74, 6) is 1.61. The van der Waals surface area contributed by atoms with Crippen LogP contribution in [0, 0.1) is 0 Å². The van der Waals surface area contributed by atoms with Crippen molar-refractivity contribution >= 4 is 28.7 Å². The average molecular weight is 506 g/mol. The molecule has 5 nitrogen and oxygen atoms in total. The number of hydrogen-bond donors (Lipinski definition) is 0. The van der Waals surface area contributed by atoms with E-state index < -0.39 is 0 Å². The first-order valence-corrected chi connectivity index (χ1v) is 13.5. The fourth-order valence-electron chi connectivity index (χ4n) is 5.52. The highest BCUT2D eigenvalue weighted by molar-refractivity contribution is 8.16. The van der Waals surface area contributed by atoms with E-state index in [4.69, 9.17) is 14.5 Å². The molecule has 0 bridgehead atoms. The third-order valence-electron chi connectivity index (χ3n) is 7.12. The lowest BCUT2D eigenvalue weighted by molar-refractivity contribution is 0.171. The van der Waals surface area contributed by atoms with Crippen molar-refractivity contribution in [2.75, 3.05) is 33.4 Å². The van der Waals surface area contributed by atoms with Gasteiger partial charge in [-0.3, -0.25) is 4.90 Å². The van der Waals surface area contributed by atoms with Crippen LogP contribution in [0.15, 0.2) is 106 Å². The topological polar surface area (TPSA) is 37.3 Å². The molecule has 4 heterocycles. The number of ether oxygens (including phenoxy) is 2. The first-order valence-electron chi connectivity index (χ1n) is 12.6. The van der Waals surface area contributed by atoms with Crippen molar-refractivity contribution < 1.29 is 9.47 Å². The standard InChI is InChI=1S/C31H27N3O2S/c1-33-18-24(16-21-8-4-2-5-9-21)29-25(19-33)30(22-10-6-3-7-11-22)34-26(20-37-31(34)32-29)23-12-13-27-28(17-23)36-15-14-35-27/h2-13,16-17,20,30H,14-15,18-19H2,1H3. The van der Waals surface area contributed by atoms with E-state index in [-0.39, 0.29) is 6.04 Å². The average Bonchev–Trinajstić information content (AvgIpc) is 3.36. The van der Waals surface area contributed by atoms with E-state index in [1.165, 1.54) is 22.3 Å². The maximum Gasteiger partial charge on any atom is 0.174 e. The largest absolute Gasteiger partial charge is 0.486 e. The van der Waals surface area contributed by atoms with Gasteiger partial charge in [-0.15, -0.1) is 0 Å². The minimum absolute atomic E-state index is 0.0556. The molecule has 4 aliphatic rings. The molecule has 0 aliphatic carbocycles. The smallest absolute Gasteiger partial charge is 0.174 e. The lowest BCUT2D eigenvalue weighted by atomic mass is 9.88. The van der Waals surface area contributed by atoms with Gasteiger partial charge in [-0.05, 0) is 53.6 Å². The van der Waals surface area contributed by atoms with Crippen LogP contribution in [0.25, 0.3) is 11.8 Å². The summed E-state index contributed by atoms with van der Waals surface area (Å²) < 4.78 is 11.7. The molecule has 0 spiro atoms. The number of fused-ring (bicyclic) bond motifs is 2. The van der Waals surface area contributed by atoms with Gasteiger partial charge in [-0.1, -0.05) is 72.4 Å². The molecule has 0 aromatic heterocycles. The monoisotopic (exact) mass is 505 g/mol. The molecule has 1 unspecified atom stereocenters. The second-order valence-corrected chi connectivity index (χ2v) is 10.5. The molecule has 4 aliphatic heterocycles. The number of benzene rings is 3. The molecule has 0 N–H and O–H groups in total. The highest BCUT2D eigenvalue weighted by Gasteiger charge is 2.41. The molecule has 37 heavy (non-hydrogen) atoms. The van der Waals surface area contributed by atoms with E-state index in [0.717, 1.165) is 46.7 Å². The van der Waals surface area contributed by atoms with Crippen LogP contribution in [0.4, 0.5) is 0 Å². The van der Waals surface area contributed by atoms with Crippen LogP contribution in [0.2, 0.25) is 0 Å². The number of hydrogen-bond acceptors (Lipinski definition) is 6. The zero-order chi connectivity index (χ0) is 24.8. The van der Waals surface area contributed by atoms with Crippen LogP contribution in [-0.2, 0) is 0 Å². The van der Waals surface area contributed by atoms with Crippen LogP contribution in [0.3, 0.4) is 0 Å². The summed E-state index contributed by atoms with van der Waals surface area (Å²) in [5.41, 5.74) is 8.44. The van der Waals surface area contributed by atoms with Crippen molar-refractivity contribution in [2.24, 2.45) is 4.99 Å². The Morgan fingerprint density at radius 1 is 0.892 bits per heavy atom. The molecule has 6 heteroatoms. The van der Waals surface area contributed by atoms with E-state index in [1.807, 2.05) is 6.07 Å². The second-order valence-electron chi connectivity index (χ2n) is 9.68. The summed E-state index contributed by atoms with van der Waals surface area (Å²) in [6.07, 6.45) is 2.29. The van der Waals surface area contributed by atoms with Crippen molar-refractivity contribution in [3.8, 4) is 11.5 Å². The zero-order valence-corrected chi connectivity index (χ0v) is 21.4. The van der Waals surface area contributed by atoms with Crippen molar-refractivity contribution in [1.82, 2.24) is 9.80 Å². The summed E-state index contributed by atoms with van der Waals surface area (Å²) in [4.78, 5) is 10.1. The maximum absolute atomic E-state index is 5.91. The minimum Gasteiger partial charge on any atom is -0.486 e. The van der Waals surface area contributed by atoms with E-state index in [2.05, 4.69) is 101 Å². The Bertz CT molecular complexity index is 1480. The van der Waals surface area contributed by atoms with Crippen LogP contribution in [0.1, 0.15) is 22.7 Å². The molecular formula is C31H27N3O2S. The van der Waals surface area contributed by atoms with Gasteiger partial charge < -0.3 is 14.4 Å². The number of rotatable bonds is 3. The fraction of sp³-hybridized carbons (Fsp3) is 0.194. The Morgan fingerprint density at radius 2 is 1.65 bits per heavy atom. The van der Waals surface area contributed by atoms with Crippen molar-refractivity contribution in [2.45, 2.75) is 6.04 Å². The Kier molecular flexibility index (Phi) is 5.64. The van der Waals surface area contributed by atoms with Crippen LogP contribution in [0.5, 0.6) is 11.5 Å². The number of thioether (sulfide) groups is 1. The predicted molar refractivity (Wildman–Crippen MR) is 150 cm³/mol. The number of amidine groups is 1. The Balaban J connectivity index is 1.36. The Morgan fingerprint density at radius 3 is 2.46 bits per heavy atom. The van der Waals surface area contributed by atoms with Gasteiger partial charge in [0.2, 0.25) is 0 Å². The van der Waals surface area contributed by atoms with Gasteiger partial charge in [-0.25, -0.2) is 4.99 Å². The van der Waals surface area contributed by atoms with E-state index in [9.17, 15) is 0 Å². The van der Waals surface area contributed by atoms with E-state index in [1.54, 1.807) is 11.8 Å². The molecule has 0 fully saturated rings. The lowest BCUT2D eigenvalue weighted by Gasteiger charge is -2.42. The van der Waals surface area contributed by atoms with Gasteiger partial charge in [0.15, 0.2) is 16.7 Å². The van der Waals surface area contributed by atoms with Crippen LogP contribution in [-0.4, -0.2) is 48.3 Å². The van der Waals surface area contributed by atoms with E-state index in [0.29, 0.717) is 13.2 Å². The van der Waals surface area contributed by atoms with Crippen molar-refractivity contribution in [3.05, 3.63) is 118 Å². The van der Waals surface area contributed by atoms with Gasteiger partial charge in [0.05, 0.1) is 17.4 Å². The molecule has 0 saturated carbocycles. The van der Waals surface area contributed by atoms with Crippen molar-refractivity contribution in [3.63, 3.8) is 0 Å². The second kappa shape index (κ2) is 9.29. The third-order valence-corrected chi connectivity index (χ3v) is 7.96. The molecule has 0 saturated heterocycles. The first kappa shape index (κ1) is 22.5. The first-order chi connectivity index (χ1) is 18.2. The number of likely N-dealkylation sites (N-methyl/N-ethyl adjacent to an activating group) is 1. The fourth-order valence-corrected chi connectivity index (χ4v) is 6.45. The van der Waals surface area contributed by atoms with Crippen molar-refractivity contribution in [1.29, 1.82) is 0 Å². The van der Waals surface area contributed by atoms with Gasteiger partial charge in [0, 0.05) is 24.1 Å². The summed E-state index contributed by atoms with van der Waals surface area (Å²) in [6.45, 7) is 2.91. The predicted octanol–water partition coefficient (Wildman–Crippen LogP) is 6.20. The summed E-state index contributed by atoms with van der Waals surface area (Å²) in [7, 11) is 2.19. The Labute approximate surface area is 221 Å². The SMILES string of the molecule is CN1CC(=Cc2ccccc2)C2=C(C1)C(c1ccccc1)N1C(c3ccc4c(c3)OCCO4)=CSC1=N2. The molecule has 3 aromatic carbocycles. The number of nitrogens with zero attached hydrogens (tertiary/aromatic N) is 3. The van der Waals surface area contributed by atoms with E-state index >= 15 is 0 Å². The van der Waals surface area contributed by atoms with Crippen LogP contribution < -0.4 is 9.47 Å².